The molecule has 0 bridgehead atoms. The molecule has 7 heteroatoms. The van der Waals surface area contributed by atoms with Crippen LogP contribution in [-0.4, -0.2) is 25.5 Å². The molecule has 0 heterocycles. The summed E-state index contributed by atoms with van der Waals surface area (Å²) in [7, 11) is -3.97. The van der Waals surface area contributed by atoms with Crippen LogP contribution >= 0.6 is 0 Å². The van der Waals surface area contributed by atoms with Gasteiger partial charge in [0.05, 0.1) is 16.5 Å². The third kappa shape index (κ3) is 3.79. The van der Waals surface area contributed by atoms with E-state index in [9.17, 15) is 13.2 Å². The minimum Gasteiger partial charge on any atom is -0.480 e. The molecule has 1 atom stereocenters. The lowest BCUT2D eigenvalue weighted by molar-refractivity contribution is -0.139. The van der Waals surface area contributed by atoms with Crippen LogP contribution in [0.1, 0.15) is 30.9 Å². The summed E-state index contributed by atoms with van der Waals surface area (Å²) >= 11 is 0. The average molecular weight is 296 g/mol. The largest absolute Gasteiger partial charge is 0.480 e. The van der Waals surface area contributed by atoms with Gasteiger partial charge in [-0.1, -0.05) is 19.4 Å². The van der Waals surface area contributed by atoms with Crippen LogP contribution < -0.4 is 4.72 Å². The van der Waals surface area contributed by atoms with Crippen LogP contribution in [-0.2, 0) is 14.8 Å². The number of aryl methyl sites for hydroxylation is 1. The van der Waals surface area contributed by atoms with E-state index < -0.39 is 22.0 Å². The number of carbonyl (C=O) groups is 1. The predicted molar refractivity (Wildman–Crippen MR) is 72.5 cm³/mol. The lowest BCUT2D eigenvalue weighted by Gasteiger charge is -2.15. The number of carboxylic acids is 1. The number of nitriles is 1. The predicted octanol–water partition coefficient (Wildman–Crippen LogP) is 1.40. The number of hydrogen-bond donors (Lipinski definition) is 2. The number of nitrogens with one attached hydrogen (secondary N) is 1. The van der Waals surface area contributed by atoms with Crippen LogP contribution in [0.3, 0.4) is 0 Å². The first kappa shape index (κ1) is 16.1. The molecule has 0 aliphatic carbocycles. The van der Waals surface area contributed by atoms with Crippen molar-refractivity contribution in [3.63, 3.8) is 0 Å². The van der Waals surface area contributed by atoms with Gasteiger partial charge in [0.15, 0.2) is 0 Å². The van der Waals surface area contributed by atoms with E-state index in [-0.39, 0.29) is 16.9 Å². The van der Waals surface area contributed by atoms with E-state index >= 15 is 0 Å². The Labute approximate surface area is 118 Å². The van der Waals surface area contributed by atoms with Gasteiger partial charge in [0.2, 0.25) is 10.0 Å². The molecule has 20 heavy (non-hydrogen) atoms. The third-order valence-electron chi connectivity index (χ3n) is 2.78. The number of rotatable bonds is 6. The Bertz CT molecular complexity index is 647. The molecule has 0 radical (unpaired) electrons. The van der Waals surface area contributed by atoms with Crippen molar-refractivity contribution in [3.05, 3.63) is 29.3 Å². The molecular weight excluding hydrogens is 280 g/mol. The minimum atomic E-state index is -3.97. The first-order valence-corrected chi connectivity index (χ1v) is 7.56. The maximum Gasteiger partial charge on any atom is 0.321 e. The molecule has 1 aromatic carbocycles. The smallest absolute Gasteiger partial charge is 0.321 e. The summed E-state index contributed by atoms with van der Waals surface area (Å²) < 4.78 is 26.6. The maximum atomic E-state index is 12.2. The number of benzene rings is 1. The summed E-state index contributed by atoms with van der Waals surface area (Å²) in [6, 6.07) is 4.95. The molecule has 0 aromatic heterocycles. The molecule has 0 saturated heterocycles. The van der Waals surface area contributed by atoms with Crippen LogP contribution in [0.2, 0.25) is 0 Å². The van der Waals surface area contributed by atoms with E-state index in [2.05, 4.69) is 4.72 Å². The highest BCUT2D eigenvalue weighted by atomic mass is 32.2. The summed E-state index contributed by atoms with van der Waals surface area (Å²) in [5.41, 5.74) is 0.662. The van der Waals surface area contributed by atoms with E-state index in [1.807, 2.05) is 6.07 Å². The standard InChI is InChI=1S/C13H16N2O4S/c1-3-4-11(13(16)17)15-20(18,19)12-7-10(8-14)6-5-9(12)2/h5-7,11,15H,3-4H2,1-2H3,(H,16,17)/t11-/m0/s1. The van der Waals surface area contributed by atoms with Crippen LogP contribution in [0, 0.1) is 18.3 Å². The second-order valence-corrected chi connectivity index (χ2v) is 6.08. The van der Waals surface area contributed by atoms with Gasteiger partial charge < -0.3 is 5.11 Å². The second kappa shape index (κ2) is 6.50. The molecule has 0 unspecified atom stereocenters. The van der Waals surface area contributed by atoms with Gasteiger partial charge in [0.1, 0.15) is 6.04 Å². The van der Waals surface area contributed by atoms with Gasteiger partial charge >= 0.3 is 5.97 Å². The molecule has 0 aliphatic heterocycles. The SMILES string of the molecule is CCC[C@H](NS(=O)(=O)c1cc(C#N)ccc1C)C(=O)O. The molecule has 0 amide bonds. The third-order valence-corrected chi connectivity index (χ3v) is 4.39. The summed E-state index contributed by atoms with van der Waals surface area (Å²) in [5.74, 6) is -1.22. The zero-order chi connectivity index (χ0) is 15.3. The van der Waals surface area contributed by atoms with Crippen molar-refractivity contribution in [3.8, 4) is 6.07 Å². The van der Waals surface area contributed by atoms with Crippen LogP contribution in [0.15, 0.2) is 23.1 Å². The molecule has 6 nitrogen and oxygen atoms in total. The Kier molecular flexibility index (Phi) is 5.25. The van der Waals surface area contributed by atoms with Crippen molar-refractivity contribution >= 4 is 16.0 Å². The second-order valence-electron chi connectivity index (χ2n) is 4.39. The normalized spacial score (nSPS) is 12.7. The monoisotopic (exact) mass is 296 g/mol. The number of hydrogen-bond acceptors (Lipinski definition) is 4. The minimum absolute atomic E-state index is 0.0705. The molecule has 0 saturated carbocycles. The summed E-state index contributed by atoms with van der Waals surface area (Å²) in [6.07, 6.45) is 0.738. The fourth-order valence-corrected chi connectivity index (χ4v) is 3.23. The van der Waals surface area contributed by atoms with Crippen LogP contribution in [0.5, 0.6) is 0 Å². The quantitative estimate of drug-likeness (QED) is 0.825. The van der Waals surface area contributed by atoms with Crippen molar-refractivity contribution in [1.29, 1.82) is 5.26 Å². The molecule has 2 N–H and O–H groups in total. The molecule has 0 aliphatic rings. The van der Waals surface area contributed by atoms with Gasteiger partial charge in [-0.3, -0.25) is 4.79 Å². The highest BCUT2D eigenvalue weighted by molar-refractivity contribution is 7.89. The van der Waals surface area contributed by atoms with Crippen LogP contribution in [0.25, 0.3) is 0 Å². The van der Waals surface area contributed by atoms with Gasteiger partial charge in [0, 0.05) is 0 Å². The lowest BCUT2D eigenvalue weighted by Crippen LogP contribution is -2.40. The topological polar surface area (TPSA) is 107 Å². The van der Waals surface area contributed by atoms with Crippen molar-refractivity contribution < 1.29 is 18.3 Å². The van der Waals surface area contributed by atoms with E-state index in [0.29, 0.717) is 12.0 Å². The van der Waals surface area contributed by atoms with E-state index in [4.69, 9.17) is 10.4 Å². The molecule has 0 spiro atoms. The average Bonchev–Trinajstić information content (AvgIpc) is 2.38. The zero-order valence-corrected chi connectivity index (χ0v) is 12.1. The Hall–Kier alpha value is -1.91. The zero-order valence-electron chi connectivity index (χ0n) is 11.3. The van der Waals surface area contributed by atoms with Gasteiger partial charge in [0.25, 0.3) is 0 Å². The van der Waals surface area contributed by atoms with Gasteiger partial charge in [-0.25, -0.2) is 8.42 Å². The summed E-state index contributed by atoms with van der Waals surface area (Å²) in [6.45, 7) is 3.36. The Morgan fingerprint density at radius 3 is 2.65 bits per heavy atom. The summed E-state index contributed by atoms with van der Waals surface area (Å²) in [4.78, 5) is 11.0. The van der Waals surface area contributed by atoms with Crippen molar-refractivity contribution in [2.24, 2.45) is 0 Å². The van der Waals surface area contributed by atoms with Crippen molar-refractivity contribution in [1.82, 2.24) is 4.72 Å². The highest BCUT2D eigenvalue weighted by Crippen LogP contribution is 2.17. The lowest BCUT2D eigenvalue weighted by atomic mass is 10.2. The molecular formula is C13H16N2O4S. The first-order valence-electron chi connectivity index (χ1n) is 6.07. The number of sulfonamides is 1. The van der Waals surface area contributed by atoms with Gasteiger partial charge in [-0.05, 0) is 31.0 Å². The van der Waals surface area contributed by atoms with Crippen molar-refractivity contribution in [2.75, 3.05) is 0 Å². The molecule has 0 fully saturated rings. The molecule has 1 aromatic rings. The first-order chi connectivity index (χ1) is 9.31. The van der Waals surface area contributed by atoms with Crippen molar-refractivity contribution in [2.45, 2.75) is 37.6 Å². The van der Waals surface area contributed by atoms with Crippen LogP contribution in [0.4, 0.5) is 0 Å². The number of aliphatic carboxylic acids is 1. The number of nitrogens with zero attached hydrogens (tertiary/aromatic N) is 1. The Morgan fingerprint density at radius 1 is 1.50 bits per heavy atom. The molecule has 108 valence electrons. The number of carboxylic acid groups (broad SMARTS) is 1. The summed E-state index contributed by atoms with van der Waals surface area (Å²) in [5, 5.41) is 17.8. The van der Waals surface area contributed by atoms with Gasteiger partial charge in [-0.2, -0.15) is 9.98 Å². The Morgan fingerprint density at radius 2 is 2.15 bits per heavy atom. The molecule has 1 rings (SSSR count). The van der Waals surface area contributed by atoms with E-state index in [0.717, 1.165) is 0 Å². The van der Waals surface area contributed by atoms with Gasteiger partial charge in [-0.15, -0.1) is 0 Å². The fraction of sp³-hybridized carbons (Fsp3) is 0.385. The van der Waals surface area contributed by atoms with E-state index in [1.165, 1.54) is 18.2 Å². The Balaban J connectivity index is 3.17. The fourth-order valence-electron chi connectivity index (χ4n) is 1.73. The maximum absolute atomic E-state index is 12.2. The highest BCUT2D eigenvalue weighted by Gasteiger charge is 2.25. The van der Waals surface area contributed by atoms with E-state index in [1.54, 1.807) is 13.8 Å².